The molecule has 112 valence electrons. The van der Waals surface area contributed by atoms with Gasteiger partial charge in [0.05, 0.1) is 17.8 Å². The first-order valence-electron chi connectivity index (χ1n) is 6.70. The average Bonchev–Trinajstić information content (AvgIpc) is 3.07. The van der Waals surface area contributed by atoms with Crippen LogP contribution in [0.2, 0.25) is 5.02 Å². The highest BCUT2D eigenvalue weighted by molar-refractivity contribution is 6.34. The molecule has 0 bridgehead atoms. The number of carbonyl (C=O) groups excluding carboxylic acids is 1. The van der Waals surface area contributed by atoms with Crippen LogP contribution in [-0.4, -0.2) is 25.5 Å². The zero-order valence-electron chi connectivity index (χ0n) is 11.9. The first kappa shape index (κ1) is 14.3. The van der Waals surface area contributed by atoms with Crippen LogP contribution in [0.15, 0.2) is 48.8 Å². The van der Waals surface area contributed by atoms with E-state index in [-0.39, 0.29) is 5.91 Å². The molecule has 2 aromatic heterocycles. The van der Waals surface area contributed by atoms with Crippen molar-refractivity contribution in [2.24, 2.45) is 7.05 Å². The Morgan fingerprint density at radius 1 is 1.27 bits per heavy atom. The second-order valence-corrected chi connectivity index (χ2v) is 5.21. The van der Waals surface area contributed by atoms with Gasteiger partial charge in [-0.25, -0.2) is 0 Å². The maximum Gasteiger partial charge on any atom is 0.276 e. The molecule has 0 spiro atoms. The van der Waals surface area contributed by atoms with Gasteiger partial charge in [0.25, 0.3) is 5.91 Å². The highest BCUT2D eigenvalue weighted by Crippen LogP contribution is 2.16. The number of amides is 1. The third-order valence-electron chi connectivity index (χ3n) is 3.18. The minimum Gasteiger partial charge on any atom is -0.304 e. The van der Waals surface area contributed by atoms with Crippen molar-refractivity contribution in [2.75, 3.05) is 5.32 Å². The van der Waals surface area contributed by atoms with E-state index in [0.717, 1.165) is 5.56 Å². The normalized spacial score (nSPS) is 10.6. The van der Waals surface area contributed by atoms with Crippen molar-refractivity contribution < 1.29 is 4.79 Å². The Morgan fingerprint density at radius 3 is 2.73 bits per heavy atom. The van der Waals surface area contributed by atoms with Crippen LogP contribution < -0.4 is 5.32 Å². The molecule has 7 heteroatoms. The minimum atomic E-state index is -0.338. The van der Waals surface area contributed by atoms with Crippen LogP contribution in [-0.2, 0) is 13.6 Å². The van der Waals surface area contributed by atoms with Crippen molar-refractivity contribution in [3.05, 3.63) is 65.1 Å². The molecule has 6 nitrogen and oxygen atoms in total. The van der Waals surface area contributed by atoms with E-state index in [1.54, 1.807) is 17.8 Å². The summed E-state index contributed by atoms with van der Waals surface area (Å²) in [6.45, 7) is 0.642. The molecule has 1 aromatic carbocycles. The molecule has 0 atom stereocenters. The van der Waals surface area contributed by atoms with E-state index in [9.17, 15) is 4.79 Å². The van der Waals surface area contributed by atoms with E-state index < -0.39 is 0 Å². The van der Waals surface area contributed by atoms with Gasteiger partial charge in [-0.2, -0.15) is 10.2 Å². The summed E-state index contributed by atoms with van der Waals surface area (Å²) in [5.41, 5.74) is 1.44. The van der Waals surface area contributed by atoms with Gasteiger partial charge in [0.1, 0.15) is 5.69 Å². The number of halogens is 1. The average molecular weight is 316 g/mol. The molecule has 0 aliphatic heterocycles. The van der Waals surface area contributed by atoms with Gasteiger partial charge in [-0.05, 0) is 5.56 Å². The topological polar surface area (TPSA) is 64.7 Å². The maximum atomic E-state index is 12.2. The van der Waals surface area contributed by atoms with Gasteiger partial charge in [0.15, 0.2) is 5.82 Å². The zero-order chi connectivity index (χ0) is 15.5. The molecule has 0 fully saturated rings. The Bertz CT molecular complexity index is 774. The van der Waals surface area contributed by atoms with Crippen LogP contribution in [0.25, 0.3) is 0 Å². The first-order chi connectivity index (χ1) is 10.6. The van der Waals surface area contributed by atoms with Crippen molar-refractivity contribution in [1.82, 2.24) is 19.6 Å². The second kappa shape index (κ2) is 6.03. The first-order valence-corrected chi connectivity index (χ1v) is 7.07. The molecule has 2 heterocycles. The molecule has 0 radical (unpaired) electrons. The van der Waals surface area contributed by atoms with Crippen LogP contribution in [0.1, 0.15) is 16.1 Å². The number of carbonyl (C=O) groups is 1. The van der Waals surface area contributed by atoms with E-state index in [1.807, 2.05) is 36.5 Å². The summed E-state index contributed by atoms with van der Waals surface area (Å²) >= 11 is 5.95. The lowest BCUT2D eigenvalue weighted by molar-refractivity contribution is 0.101. The summed E-state index contributed by atoms with van der Waals surface area (Å²) < 4.78 is 3.19. The number of anilines is 1. The molecule has 3 rings (SSSR count). The standard InChI is InChI=1S/C15H14ClN5O/c1-20-14(12(16)9-17-20)15(22)18-13-7-8-21(19-13)10-11-5-3-2-4-6-11/h2-9H,10H2,1H3,(H,18,19,22). The lowest BCUT2D eigenvalue weighted by Crippen LogP contribution is -2.17. The van der Waals surface area contributed by atoms with Crippen molar-refractivity contribution >= 4 is 23.3 Å². The quantitative estimate of drug-likeness (QED) is 0.804. The number of aryl methyl sites for hydroxylation is 1. The Labute approximate surface area is 132 Å². The highest BCUT2D eigenvalue weighted by Gasteiger charge is 2.16. The van der Waals surface area contributed by atoms with Crippen molar-refractivity contribution in [2.45, 2.75) is 6.54 Å². The van der Waals surface area contributed by atoms with Crippen LogP contribution >= 0.6 is 11.6 Å². The van der Waals surface area contributed by atoms with Gasteiger partial charge in [-0.3, -0.25) is 14.2 Å². The van der Waals surface area contributed by atoms with Crippen LogP contribution in [0.4, 0.5) is 5.82 Å². The van der Waals surface area contributed by atoms with E-state index in [0.29, 0.717) is 23.1 Å². The Morgan fingerprint density at radius 2 is 2.05 bits per heavy atom. The zero-order valence-corrected chi connectivity index (χ0v) is 12.7. The number of benzene rings is 1. The fourth-order valence-electron chi connectivity index (χ4n) is 2.13. The molecule has 1 N–H and O–H groups in total. The van der Waals surface area contributed by atoms with Crippen molar-refractivity contribution in [3.63, 3.8) is 0 Å². The molecule has 0 saturated heterocycles. The van der Waals surface area contributed by atoms with Gasteiger partial charge < -0.3 is 5.32 Å². The Kier molecular flexibility index (Phi) is 3.93. The molecule has 3 aromatic rings. The number of hydrogen-bond acceptors (Lipinski definition) is 3. The van der Waals surface area contributed by atoms with Crippen LogP contribution in [0.5, 0.6) is 0 Å². The molecule has 0 saturated carbocycles. The largest absolute Gasteiger partial charge is 0.304 e. The van der Waals surface area contributed by atoms with Gasteiger partial charge in [0.2, 0.25) is 0 Å². The summed E-state index contributed by atoms with van der Waals surface area (Å²) in [7, 11) is 1.66. The summed E-state index contributed by atoms with van der Waals surface area (Å²) in [5.74, 6) is 0.133. The van der Waals surface area contributed by atoms with Gasteiger partial charge in [-0.15, -0.1) is 0 Å². The van der Waals surface area contributed by atoms with Gasteiger partial charge in [-0.1, -0.05) is 41.9 Å². The number of rotatable bonds is 4. The molecule has 22 heavy (non-hydrogen) atoms. The van der Waals surface area contributed by atoms with Gasteiger partial charge >= 0.3 is 0 Å². The van der Waals surface area contributed by atoms with Crippen molar-refractivity contribution in [1.29, 1.82) is 0 Å². The summed E-state index contributed by atoms with van der Waals surface area (Å²) in [4.78, 5) is 12.2. The lowest BCUT2D eigenvalue weighted by atomic mass is 10.2. The SMILES string of the molecule is Cn1ncc(Cl)c1C(=O)Nc1ccn(Cc2ccccc2)n1. The van der Waals surface area contributed by atoms with Crippen LogP contribution in [0.3, 0.4) is 0 Å². The monoisotopic (exact) mass is 315 g/mol. The minimum absolute atomic E-state index is 0.305. The third-order valence-corrected chi connectivity index (χ3v) is 3.46. The van der Waals surface area contributed by atoms with Crippen LogP contribution in [0, 0.1) is 0 Å². The predicted molar refractivity (Wildman–Crippen MR) is 83.9 cm³/mol. The molecule has 1 amide bonds. The van der Waals surface area contributed by atoms with Gasteiger partial charge in [0, 0.05) is 19.3 Å². The molecule has 0 unspecified atom stereocenters. The maximum absolute atomic E-state index is 12.2. The number of nitrogens with one attached hydrogen (secondary N) is 1. The summed E-state index contributed by atoms with van der Waals surface area (Å²) in [6, 6.07) is 11.7. The third kappa shape index (κ3) is 3.01. The van der Waals surface area contributed by atoms with E-state index in [4.69, 9.17) is 11.6 Å². The smallest absolute Gasteiger partial charge is 0.276 e. The number of hydrogen-bond donors (Lipinski definition) is 1. The Hall–Kier alpha value is -2.60. The van der Waals surface area contributed by atoms with E-state index >= 15 is 0 Å². The number of aromatic nitrogens is 4. The van der Waals surface area contributed by atoms with Crippen molar-refractivity contribution in [3.8, 4) is 0 Å². The fraction of sp³-hybridized carbons (Fsp3) is 0.133. The van der Waals surface area contributed by atoms with E-state index in [1.165, 1.54) is 10.9 Å². The summed E-state index contributed by atoms with van der Waals surface area (Å²) in [5, 5.41) is 11.3. The molecular formula is C15H14ClN5O. The predicted octanol–water partition coefficient (Wildman–Crippen LogP) is 2.57. The molecular weight excluding hydrogens is 302 g/mol. The molecule has 0 aliphatic rings. The summed E-state index contributed by atoms with van der Waals surface area (Å²) in [6.07, 6.45) is 3.25. The fourth-order valence-corrected chi connectivity index (χ4v) is 2.38. The number of nitrogens with zero attached hydrogens (tertiary/aromatic N) is 4. The lowest BCUT2D eigenvalue weighted by Gasteiger charge is -2.04. The van der Waals surface area contributed by atoms with E-state index in [2.05, 4.69) is 15.5 Å². The highest BCUT2D eigenvalue weighted by atomic mass is 35.5. The Balaban J connectivity index is 1.71. The second-order valence-electron chi connectivity index (χ2n) is 4.80. The molecule has 0 aliphatic carbocycles.